The zero-order valence-electron chi connectivity index (χ0n) is 18.3. The van der Waals surface area contributed by atoms with Crippen molar-refractivity contribution in [3.63, 3.8) is 0 Å². The lowest BCUT2D eigenvalue weighted by Gasteiger charge is -2.17. The molecule has 0 aliphatic heterocycles. The van der Waals surface area contributed by atoms with E-state index in [1.165, 1.54) is 19.2 Å². The number of carboxylic acids is 1. The largest absolute Gasteiger partial charge is 0.496 e. The quantitative estimate of drug-likeness (QED) is 0.287. The molecule has 1 aromatic heterocycles. The minimum Gasteiger partial charge on any atom is -0.496 e. The molecule has 1 N–H and O–H groups in total. The number of carboxylic acid groups (broad SMARTS) is 1. The number of hydrogen-bond acceptors (Lipinski definition) is 3. The summed E-state index contributed by atoms with van der Waals surface area (Å²) in [6.07, 6.45) is 0. The Morgan fingerprint density at radius 1 is 1.00 bits per heavy atom. The molecular formula is C26H20BrF2NO4. The van der Waals surface area contributed by atoms with Crippen molar-refractivity contribution in [1.82, 2.24) is 4.57 Å². The van der Waals surface area contributed by atoms with Gasteiger partial charge in [0.1, 0.15) is 35.3 Å². The zero-order valence-corrected chi connectivity index (χ0v) is 19.9. The van der Waals surface area contributed by atoms with Gasteiger partial charge in [-0.25, -0.2) is 13.6 Å². The first-order valence-corrected chi connectivity index (χ1v) is 11.0. The molecule has 3 aromatic carbocycles. The number of rotatable bonds is 7. The second kappa shape index (κ2) is 9.69. The van der Waals surface area contributed by atoms with Gasteiger partial charge in [0.05, 0.1) is 12.8 Å². The Kier molecular flexibility index (Phi) is 6.70. The number of methoxy groups -OCH3 is 1. The Balaban J connectivity index is 1.78. The molecule has 0 fully saturated rings. The van der Waals surface area contributed by atoms with Crippen LogP contribution in [-0.4, -0.2) is 22.8 Å². The summed E-state index contributed by atoms with van der Waals surface area (Å²) in [6.45, 7) is 1.81. The van der Waals surface area contributed by atoms with Crippen molar-refractivity contribution >= 4 is 21.9 Å². The lowest BCUT2D eigenvalue weighted by atomic mass is 10.1. The maximum Gasteiger partial charge on any atom is 0.339 e. The second-order valence-corrected chi connectivity index (χ2v) is 8.47. The predicted molar refractivity (Wildman–Crippen MR) is 128 cm³/mol. The van der Waals surface area contributed by atoms with Crippen molar-refractivity contribution in [3.05, 3.63) is 99.7 Å². The van der Waals surface area contributed by atoms with Gasteiger partial charge < -0.3 is 19.1 Å². The summed E-state index contributed by atoms with van der Waals surface area (Å²) in [6, 6.07) is 17.5. The van der Waals surface area contributed by atoms with E-state index in [1.54, 1.807) is 30.3 Å². The molecule has 174 valence electrons. The molecule has 5 nitrogen and oxygen atoms in total. The van der Waals surface area contributed by atoms with Crippen LogP contribution in [-0.2, 0) is 6.61 Å². The fraction of sp³-hybridized carbons (Fsp3) is 0.115. The number of benzene rings is 3. The standard InChI is InChI=1S/C26H20BrF2NO4/c1-15-3-8-23(30(15)19-7-10-24(33-2)21(13-19)26(31)32)20-11-17(27)5-9-25(20)34-14-16-4-6-18(28)12-22(16)29/h3-13H,14H2,1-2H3,(H,31,32). The van der Waals surface area contributed by atoms with Crippen LogP contribution in [0.25, 0.3) is 16.9 Å². The molecule has 0 aliphatic rings. The minimum atomic E-state index is -1.10. The highest BCUT2D eigenvalue weighted by atomic mass is 79.9. The van der Waals surface area contributed by atoms with Crippen LogP contribution in [0.15, 0.2) is 71.2 Å². The Morgan fingerprint density at radius 3 is 2.47 bits per heavy atom. The molecule has 0 saturated heterocycles. The van der Waals surface area contributed by atoms with Crippen LogP contribution >= 0.6 is 15.9 Å². The lowest BCUT2D eigenvalue weighted by molar-refractivity contribution is 0.0693. The van der Waals surface area contributed by atoms with Gasteiger partial charge in [0.2, 0.25) is 0 Å². The van der Waals surface area contributed by atoms with Crippen molar-refractivity contribution in [2.75, 3.05) is 7.11 Å². The molecule has 1 heterocycles. The SMILES string of the molecule is COc1ccc(-n2c(C)ccc2-c2cc(Br)ccc2OCc2ccc(F)cc2F)cc1C(=O)O. The summed E-state index contributed by atoms with van der Waals surface area (Å²) >= 11 is 3.49. The van der Waals surface area contributed by atoms with Crippen molar-refractivity contribution in [3.8, 4) is 28.4 Å². The summed E-state index contributed by atoms with van der Waals surface area (Å²) in [4.78, 5) is 11.7. The zero-order chi connectivity index (χ0) is 24.4. The van der Waals surface area contributed by atoms with Gasteiger partial charge in [-0.15, -0.1) is 0 Å². The highest BCUT2D eigenvalue weighted by Gasteiger charge is 2.18. The molecule has 0 radical (unpaired) electrons. The van der Waals surface area contributed by atoms with Crippen molar-refractivity contribution in [2.45, 2.75) is 13.5 Å². The third-order valence-corrected chi connectivity index (χ3v) is 5.86. The maximum absolute atomic E-state index is 14.1. The predicted octanol–water partition coefficient (Wildman–Crippen LogP) is 6.78. The number of aromatic carboxylic acids is 1. The van der Waals surface area contributed by atoms with E-state index in [0.717, 1.165) is 21.9 Å². The molecule has 0 aliphatic carbocycles. The molecule has 0 bridgehead atoms. The number of carbonyl (C=O) groups is 1. The molecular weight excluding hydrogens is 508 g/mol. The summed E-state index contributed by atoms with van der Waals surface area (Å²) in [7, 11) is 1.42. The number of nitrogens with zero attached hydrogens (tertiary/aromatic N) is 1. The van der Waals surface area contributed by atoms with Gasteiger partial charge in [0, 0.05) is 33.0 Å². The monoisotopic (exact) mass is 527 g/mol. The van der Waals surface area contributed by atoms with Gasteiger partial charge in [0.15, 0.2) is 0 Å². The van der Waals surface area contributed by atoms with Gasteiger partial charge >= 0.3 is 5.97 Å². The van der Waals surface area contributed by atoms with Crippen LogP contribution in [0.4, 0.5) is 8.78 Å². The normalized spacial score (nSPS) is 10.9. The number of halogens is 3. The molecule has 4 rings (SSSR count). The Bertz CT molecular complexity index is 1380. The highest BCUT2D eigenvalue weighted by Crippen LogP contribution is 2.37. The van der Waals surface area contributed by atoms with Gasteiger partial charge in [0.25, 0.3) is 0 Å². The summed E-state index contributed by atoms with van der Waals surface area (Å²) in [5.74, 6) is -1.69. The maximum atomic E-state index is 14.1. The number of ether oxygens (including phenoxy) is 2. The van der Waals surface area contributed by atoms with E-state index in [2.05, 4.69) is 15.9 Å². The molecule has 8 heteroatoms. The number of aryl methyl sites for hydroxylation is 1. The first kappa shape index (κ1) is 23.5. The van der Waals surface area contributed by atoms with Crippen LogP contribution in [0, 0.1) is 18.6 Å². The summed E-state index contributed by atoms with van der Waals surface area (Å²) < 4.78 is 41.2. The smallest absolute Gasteiger partial charge is 0.339 e. The van der Waals surface area contributed by atoms with Gasteiger partial charge in [-0.2, -0.15) is 0 Å². The molecule has 34 heavy (non-hydrogen) atoms. The van der Waals surface area contributed by atoms with E-state index in [1.807, 2.05) is 29.7 Å². The molecule has 0 spiro atoms. The molecule has 0 atom stereocenters. The average molecular weight is 528 g/mol. The average Bonchev–Trinajstić information content (AvgIpc) is 3.19. The molecule has 0 amide bonds. The number of hydrogen-bond donors (Lipinski definition) is 1. The second-order valence-electron chi connectivity index (χ2n) is 7.55. The van der Waals surface area contributed by atoms with E-state index < -0.39 is 17.6 Å². The van der Waals surface area contributed by atoms with Gasteiger partial charge in [-0.3, -0.25) is 0 Å². The van der Waals surface area contributed by atoms with Crippen molar-refractivity contribution < 1.29 is 28.2 Å². The van der Waals surface area contributed by atoms with Crippen molar-refractivity contribution in [1.29, 1.82) is 0 Å². The van der Waals surface area contributed by atoms with Gasteiger partial charge in [-0.05, 0) is 67.6 Å². The first-order chi connectivity index (χ1) is 16.3. The van der Waals surface area contributed by atoms with E-state index >= 15 is 0 Å². The van der Waals surface area contributed by atoms with E-state index in [9.17, 15) is 18.7 Å². The minimum absolute atomic E-state index is 0.0385. The summed E-state index contributed by atoms with van der Waals surface area (Å²) in [5.41, 5.74) is 3.21. The first-order valence-electron chi connectivity index (χ1n) is 10.2. The van der Waals surface area contributed by atoms with Crippen LogP contribution in [0.1, 0.15) is 21.6 Å². The van der Waals surface area contributed by atoms with Gasteiger partial charge in [-0.1, -0.05) is 15.9 Å². The Hall–Kier alpha value is -3.65. The lowest BCUT2D eigenvalue weighted by Crippen LogP contribution is -2.06. The Morgan fingerprint density at radius 2 is 1.76 bits per heavy atom. The third kappa shape index (κ3) is 4.68. The van der Waals surface area contributed by atoms with Crippen LogP contribution in [0.5, 0.6) is 11.5 Å². The highest BCUT2D eigenvalue weighted by molar-refractivity contribution is 9.10. The van der Waals surface area contributed by atoms with Crippen LogP contribution in [0.2, 0.25) is 0 Å². The van der Waals surface area contributed by atoms with Crippen LogP contribution < -0.4 is 9.47 Å². The summed E-state index contributed by atoms with van der Waals surface area (Å²) in [5, 5.41) is 9.60. The molecule has 0 saturated carbocycles. The molecule has 4 aromatic rings. The Labute approximate surface area is 203 Å². The van der Waals surface area contributed by atoms with E-state index in [0.29, 0.717) is 17.0 Å². The molecule has 0 unspecified atom stereocenters. The fourth-order valence-electron chi connectivity index (χ4n) is 3.72. The van der Waals surface area contributed by atoms with Crippen LogP contribution in [0.3, 0.4) is 0 Å². The fourth-order valence-corrected chi connectivity index (χ4v) is 4.08. The number of aromatic nitrogens is 1. The van der Waals surface area contributed by atoms with E-state index in [-0.39, 0.29) is 23.5 Å². The van der Waals surface area contributed by atoms with Crippen molar-refractivity contribution in [2.24, 2.45) is 0 Å². The third-order valence-electron chi connectivity index (χ3n) is 5.36. The topological polar surface area (TPSA) is 60.7 Å². The van der Waals surface area contributed by atoms with E-state index in [4.69, 9.17) is 9.47 Å².